The van der Waals surface area contributed by atoms with Gasteiger partial charge in [-0.1, -0.05) is 0 Å². The first kappa shape index (κ1) is 18.7. The first-order valence-corrected chi connectivity index (χ1v) is 8.66. The number of hydrogen-bond donors (Lipinski definition) is 1. The molecule has 0 saturated heterocycles. The third-order valence-electron chi connectivity index (χ3n) is 4.11. The van der Waals surface area contributed by atoms with Gasteiger partial charge in [-0.15, -0.1) is 0 Å². The highest BCUT2D eigenvalue weighted by Crippen LogP contribution is 2.19. The molecule has 1 N–H and O–H groups in total. The lowest BCUT2D eigenvalue weighted by molar-refractivity contribution is 0.0847. The number of ether oxygens (including phenoxy) is 2. The van der Waals surface area contributed by atoms with E-state index >= 15 is 0 Å². The van der Waals surface area contributed by atoms with Crippen molar-refractivity contribution in [3.8, 4) is 5.75 Å². The number of rotatable bonds is 9. The molecule has 0 unspecified atom stereocenters. The van der Waals surface area contributed by atoms with Crippen LogP contribution in [0.5, 0.6) is 5.75 Å². The van der Waals surface area contributed by atoms with Crippen LogP contribution in [-0.4, -0.2) is 49.3 Å². The predicted molar refractivity (Wildman–Crippen MR) is 104 cm³/mol. The number of hydrogen-bond acceptors (Lipinski definition) is 7. The summed E-state index contributed by atoms with van der Waals surface area (Å²) in [6.45, 7) is 0.742. The molecule has 1 aliphatic rings. The Labute approximate surface area is 158 Å². The average molecular weight is 366 g/mol. The van der Waals surface area contributed by atoms with E-state index in [1.165, 1.54) is 7.11 Å². The summed E-state index contributed by atoms with van der Waals surface area (Å²) >= 11 is 0. The van der Waals surface area contributed by atoms with Gasteiger partial charge in [0.1, 0.15) is 12.4 Å². The smallest absolute Gasteiger partial charge is 0.227 e. The van der Waals surface area contributed by atoms with E-state index in [9.17, 15) is 4.79 Å². The SMILES string of the molecule is COCC(=O)c1cc(CCc2cnc(NC3=CCN=C3)nc2)cc(OC)c1. The van der Waals surface area contributed by atoms with Gasteiger partial charge in [-0.2, -0.15) is 0 Å². The molecule has 0 aliphatic carbocycles. The second-order valence-corrected chi connectivity index (χ2v) is 6.12. The highest BCUT2D eigenvalue weighted by atomic mass is 16.5. The summed E-state index contributed by atoms with van der Waals surface area (Å²) in [5.74, 6) is 1.14. The number of aryl methyl sites for hydroxylation is 2. The minimum atomic E-state index is -0.0684. The number of carbonyl (C=O) groups is 1. The van der Waals surface area contributed by atoms with Crippen molar-refractivity contribution in [2.24, 2.45) is 4.99 Å². The fourth-order valence-corrected chi connectivity index (χ4v) is 2.70. The van der Waals surface area contributed by atoms with Gasteiger partial charge >= 0.3 is 0 Å². The first-order valence-electron chi connectivity index (χ1n) is 8.66. The summed E-state index contributed by atoms with van der Waals surface area (Å²) in [4.78, 5) is 24.9. The Bertz CT molecular complexity index is 860. The number of aromatic nitrogens is 2. The third kappa shape index (κ3) is 5.21. The topological polar surface area (TPSA) is 85.7 Å². The van der Waals surface area contributed by atoms with Crippen LogP contribution in [0.2, 0.25) is 0 Å². The maximum absolute atomic E-state index is 12.1. The lowest BCUT2D eigenvalue weighted by atomic mass is 10.0. The Morgan fingerprint density at radius 2 is 1.89 bits per heavy atom. The zero-order chi connectivity index (χ0) is 19.1. The average Bonchev–Trinajstić information content (AvgIpc) is 3.20. The lowest BCUT2D eigenvalue weighted by Crippen LogP contribution is -2.08. The number of nitrogens with one attached hydrogen (secondary N) is 1. The largest absolute Gasteiger partial charge is 0.497 e. The zero-order valence-corrected chi connectivity index (χ0v) is 15.4. The minimum Gasteiger partial charge on any atom is -0.497 e. The van der Waals surface area contributed by atoms with Crippen LogP contribution in [0.25, 0.3) is 0 Å². The number of benzene rings is 1. The molecule has 140 valence electrons. The molecule has 0 saturated carbocycles. The van der Waals surface area contributed by atoms with Crippen molar-refractivity contribution in [2.45, 2.75) is 12.8 Å². The van der Waals surface area contributed by atoms with Crippen molar-refractivity contribution in [3.63, 3.8) is 0 Å². The molecular formula is C20H22N4O3. The molecule has 0 radical (unpaired) electrons. The Hall–Kier alpha value is -3.06. The van der Waals surface area contributed by atoms with Crippen molar-refractivity contribution in [3.05, 3.63) is 59.1 Å². The molecule has 27 heavy (non-hydrogen) atoms. The second-order valence-electron chi connectivity index (χ2n) is 6.12. The van der Waals surface area contributed by atoms with Gasteiger partial charge in [0.15, 0.2) is 5.78 Å². The number of carbonyl (C=O) groups excluding carboxylic acids is 1. The molecule has 3 rings (SSSR count). The van der Waals surface area contributed by atoms with Gasteiger partial charge in [0.25, 0.3) is 0 Å². The summed E-state index contributed by atoms with van der Waals surface area (Å²) in [5, 5.41) is 3.11. The molecule has 2 aromatic rings. The Morgan fingerprint density at radius 1 is 1.11 bits per heavy atom. The molecule has 7 heteroatoms. The lowest BCUT2D eigenvalue weighted by Gasteiger charge is -2.09. The normalized spacial score (nSPS) is 12.7. The Morgan fingerprint density at radius 3 is 2.56 bits per heavy atom. The monoisotopic (exact) mass is 366 g/mol. The molecule has 0 spiro atoms. The molecule has 7 nitrogen and oxygen atoms in total. The van der Waals surface area contributed by atoms with Crippen molar-refractivity contribution >= 4 is 17.9 Å². The molecule has 0 bridgehead atoms. The predicted octanol–water partition coefficient (Wildman–Crippen LogP) is 2.48. The van der Waals surface area contributed by atoms with E-state index in [1.807, 2.05) is 18.2 Å². The van der Waals surface area contributed by atoms with Crippen LogP contribution in [0.1, 0.15) is 21.5 Å². The number of Topliss-reactive ketones (excluding diaryl/α,β-unsaturated/α-hetero) is 1. The van der Waals surface area contributed by atoms with Crippen LogP contribution < -0.4 is 10.1 Å². The number of anilines is 1. The molecule has 0 amide bonds. The van der Waals surface area contributed by atoms with Crippen LogP contribution in [0.15, 0.2) is 47.4 Å². The Kier molecular flexibility index (Phi) is 6.27. The number of methoxy groups -OCH3 is 2. The van der Waals surface area contributed by atoms with Gasteiger partial charge in [-0.25, -0.2) is 9.97 Å². The highest BCUT2D eigenvalue weighted by molar-refractivity contribution is 5.97. The van der Waals surface area contributed by atoms with Crippen LogP contribution in [0, 0.1) is 0 Å². The van der Waals surface area contributed by atoms with Crippen molar-refractivity contribution < 1.29 is 14.3 Å². The van der Waals surface area contributed by atoms with E-state index in [2.05, 4.69) is 20.3 Å². The number of ketones is 1. The summed E-state index contributed by atoms with van der Waals surface area (Å²) in [7, 11) is 3.10. The summed E-state index contributed by atoms with van der Waals surface area (Å²) in [6.07, 6.45) is 8.86. The molecule has 1 aliphatic heterocycles. The van der Waals surface area contributed by atoms with Crippen molar-refractivity contribution in [1.29, 1.82) is 0 Å². The Balaban J connectivity index is 1.64. The fourth-order valence-electron chi connectivity index (χ4n) is 2.70. The molecule has 0 atom stereocenters. The maximum atomic E-state index is 12.1. The van der Waals surface area contributed by atoms with Gasteiger partial charge in [0.05, 0.1) is 19.4 Å². The van der Waals surface area contributed by atoms with Crippen LogP contribution in [0.3, 0.4) is 0 Å². The highest BCUT2D eigenvalue weighted by Gasteiger charge is 2.10. The fraction of sp³-hybridized carbons (Fsp3) is 0.300. The van der Waals surface area contributed by atoms with Crippen LogP contribution >= 0.6 is 0 Å². The molecule has 2 heterocycles. The number of aliphatic imine (C=N–C) groups is 1. The summed E-state index contributed by atoms with van der Waals surface area (Å²) in [5.41, 5.74) is 3.53. The van der Waals surface area contributed by atoms with E-state index in [0.717, 1.165) is 29.7 Å². The van der Waals surface area contributed by atoms with Gasteiger partial charge in [0, 0.05) is 31.3 Å². The van der Waals surface area contributed by atoms with E-state index in [1.54, 1.807) is 31.8 Å². The van der Waals surface area contributed by atoms with Gasteiger partial charge in [0.2, 0.25) is 5.95 Å². The molecule has 0 fully saturated rings. The summed E-state index contributed by atoms with van der Waals surface area (Å²) < 4.78 is 10.2. The van der Waals surface area contributed by atoms with E-state index < -0.39 is 0 Å². The summed E-state index contributed by atoms with van der Waals surface area (Å²) in [6, 6.07) is 5.55. The maximum Gasteiger partial charge on any atom is 0.227 e. The minimum absolute atomic E-state index is 0.0516. The van der Waals surface area contributed by atoms with E-state index in [0.29, 0.717) is 23.8 Å². The zero-order valence-electron chi connectivity index (χ0n) is 15.4. The number of nitrogens with zero attached hydrogens (tertiary/aromatic N) is 3. The van der Waals surface area contributed by atoms with Gasteiger partial charge in [-0.3, -0.25) is 9.79 Å². The van der Waals surface area contributed by atoms with Crippen molar-refractivity contribution in [2.75, 3.05) is 32.7 Å². The van der Waals surface area contributed by atoms with Gasteiger partial charge < -0.3 is 14.8 Å². The standard InChI is InChI=1S/C20H22N4O3/c1-26-13-19(25)16-7-14(8-18(9-16)27-2)3-4-15-10-22-20(23-11-15)24-17-5-6-21-12-17/h5,7-12H,3-4,6,13H2,1-2H3,(H,22,23,24). The van der Waals surface area contributed by atoms with Crippen LogP contribution in [0.4, 0.5) is 5.95 Å². The third-order valence-corrected chi connectivity index (χ3v) is 4.11. The molecule has 1 aromatic heterocycles. The van der Waals surface area contributed by atoms with E-state index in [-0.39, 0.29) is 12.4 Å². The second kappa shape index (κ2) is 9.05. The van der Waals surface area contributed by atoms with E-state index in [4.69, 9.17) is 9.47 Å². The van der Waals surface area contributed by atoms with Crippen molar-refractivity contribution in [1.82, 2.24) is 9.97 Å². The quantitative estimate of drug-likeness (QED) is 0.686. The molecular weight excluding hydrogens is 344 g/mol. The van der Waals surface area contributed by atoms with Gasteiger partial charge in [-0.05, 0) is 48.2 Å². The number of allylic oxidation sites excluding steroid dienone is 1. The first-order chi connectivity index (χ1) is 13.2. The van der Waals surface area contributed by atoms with Crippen LogP contribution in [-0.2, 0) is 17.6 Å². The molecule has 1 aromatic carbocycles.